The third kappa shape index (κ3) is 4.04. The lowest BCUT2D eigenvalue weighted by molar-refractivity contribution is 0.122. The molecule has 2 aliphatic rings. The van der Waals surface area contributed by atoms with Crippen molar-refractivity contribution in [1.29, 1.82) is 0 Å². The van der Waals surface area contributed by atoms with Crippen LogP contribution in [0.2, 0.25) is 5.02 Å². The molecule has 0 bridgehead atoms. The minimum absolute atomic E-state index is 0.262. The topological polar surface area (TPSA) is 79.3 Å². The number of anilines is 3. The lowest BCUT2D eigenvalue weighted by Gasteiger charge is -2.28. The van der Waals surface area contributed by atoms with Crippen molar-refractivity contribution in [2.24, 2.45) is 0 Å². The van der Waals surface area contributed by atoms with E-state index in [4.69, 9.17) is 26.3 Å². The fourth-order valence-electron chi connectivity index (χ4n) is 3.78. The standard InChI is InChI=1S/C20H22ClN7O/c21-14-1-2-16-17(11-14)23-12-19(25-16)28-6-4-15(13-28)24-20-22-5-3-18(26-20)27-7-9-29-10-8-27/h1-3,5,11-12,15H,4,6-10,13H2,(H,22,24,26). The molecular weight excluding hydrogens is 390 g/mol. The second-order valence-electron chi connectivity index (χ2n) is 7.28. The van der Waals surface area contributed by atoms with Gasteiger partial charge in [-0.15, -0.1) is 0 Å². The third-order valence-electron chi connectivity index (χ3n) is 5.31. The van der Waals surface area contributed by atoms with Gasteiger partial charge in [-0.3, -0.25) is 4.98 Å². The maximum Gasteiger partial charge on any atom is 0.224 e. The molecule has 8 nitrogen and oxygen atoms in total. The van der Waals surface area contributed by atoms with Crippen LogP contribution < -0.4 is 15.1 Å². The number of benzene rings is 1. The Morgan fingerprint density at radius 3 is 2.76 bits per heavy atom. The Kier molecular flexibility index (Phi) is 5.03. The molecule has 150 valence electrons. The number of morpholine rings is 1. The average Bonchev–Trinajstić information content (AvgIpc) is 3.22. The monoisotopic (exact) mass is 411 g/mol. The van der Waals surface area contributed by atoms with Crippen molar-refractivity contribution in [2.45, 2.75) is 12.5 Å². The van der Waals surface area contributed by atoms with Crippen LogP contribution >= 0.6 is 11.6 Å². The number of hydrogen-bond donors (Lipinski definition) is 1. The molecule has 1 N–H and O–H groups in total. The van der Waals surface area contributed by atoms with Crippen LogP contribution in [0.15, 0.2) is 36.7 Å². The quantitative estimate of drug-likeness (QED) is 0.701. The molecule has 1 aromatic carbocycles. The number of fused-ring (bicyclic) bond motifs is 1. The minimum Gasteiger partial charge on any atom is -0.378 e. The fraction of sp³-hybridized carbons (Fsp3) is 0.400. The summed E-state index contributed by atoms with van der Waals surface area (Å²) < 4.78 is 5.42. The van der Waals surface area contributed by atoms with Gasteiger partial charge in [0.05, 0.1) is 30.4 Å². The van der Waals surface area contributed by atoms with Crippen LogP contribution in [0.25, 0.3) is 11.0 Å². The summed E-state index contributed by atoms with van der Waals surface area (Å²) in [4.78, 5) is 22.8. The Hall–Kier alpha value is -2.71. The zero-order chi connectivity index (χ0) is 19.6. The molecular formula is C20H22ClN7O. The lowest BCUT2D eigenvalue weighted by Crippen LogP contribution is -2.37. The Balaban J connectivity index is 1.26. The van der Waals surface area contributed by atoms with E-state index >= 15 is 0 Å². The van der Waals surface area contributed by atoms with Crippen molar-refractivity contribution in [1.82, 2.24) is 19.9 Å². The van der Waals surface area contributed by atoms with Gasteiger partial charge >= 0.3 is 0 Å². The van der Waals surface area contributed by atoms with E-state index in [1.165, 1.54) is 0 Å². The van der Waals surface area contributed by atoms with Crippen LogP contribution in [0.4, 0.5) is 17.6 Å². The molecule has 0 saturated carbocycles. The van der Waals surface area contributed by atoms with Gasteiger partial charge in [-0.2, -0.15) is 4.98 Å². The van der Waals surface area contributed by atoms with E-state index < -0.39 is 0 Å². The molecule has 1 atom stereocenters. The normalized spacial score (nSPS) is 19.7. The maximum atomic E-state index is 6.03. The lowest BCUT2D eigenvalue weighted by atomic mass is 10.3. The van der Waals surface area contributed by atoms with Gasteiger partial charge in [0.15, 0.2) is 0 Å². The molecule has 4 heterocycles. The Morgan fingerprint density at radius 2 is 1.86 bits per heavy atom. The molecule has 0 radical (unpaired) electrons. The maximum absolute atomic E-state index is 6.03. The number of halogens is 1. The fourth-order valence-corrected chi connectivity index (χ4v) is 3.95. The van der Waals surface area contributed by atoms with Crippen LogP contribution in [0.5, 0.6) is 0 Å². The van der Waals surface area contributed by atoms with Gasteiger partial charge in [-0.25, -0.2) is 9.97 Å². The van der Waals surface area contributed by atoms with E-state index in [0.29, 0.717) is 11.0 Å². The predicted molar refractivity (Wildman–Crippen MR) is 114 cm³/mol. The van der Waals surface area contributed by atoms with Crippen LogP contribution in [0, 0.1) is 0 Å². The summed E-state index contributed by atoms with van der Waals surface area (Å²) in [6.45, 7) is 4.94. The summed E-state index contributed by atoms with van der Waals surface area (Å²) in [6.07, 6.45) is 4.62. The molecule has 9 heteroatoms. The first-order valence-electron chi connectivity index (χ1n) is 9.84. The average molecular weight is 412 g/mol. The summed E-state index contributed by atoms with van der Waals surface area (Å²) in [5, 5.41) is 4.15. The molecule has 0 aliphatic carbocycles. The van der Waals surface area contributed by atoms with Crippen LogP contribution in [0.3, 0.4) is 0 Å². The molecule has 29 heavy (non-hydrogen) atoms. The molecule has 2 aromatic heterocycles. The molecule has 2 aliphatic heterocycles. The number of rotatable bonds is 4. The first kappa shape index (κ1) is 18.3. The molecule has 2 fully saturated rings. The Morgan fingerprint density at radius 1 is 0.966 bits per heavy atom. The third-order valence-corrected chi connectivity index (χ3v) is 5.55. The molecule has 5 rings (SSSR count). The molecule has 2 saturated heterocycles. The predicted octanol–water partition coefficient (Wildman–Crippen LogP) is 2.60. The number of nitrogens with zero attached hydrogens (tertiary/aromatic N) is 6. The summed E-state index contributed by atoms with van der Waals surface area (Å²) in [6, 6.07) is 7.80. The highest BCUT2D eigenvalue weighted by Gasteiger charge is 2.25. The van der Waals surface area contributed by atoms with Crippen molar-refractivity contribution in [3.8, 4) is 0 Å². The van der Waals surface area contributed by atoms with Crippen molar-refractivity contribution in [3.63, 3.8) is 0 Å². The minimum atomic E-state index is 0.262. The van der Waals surface area contributed by atoms with Crippen LogP contribution in [-0.4, -0.2) is 65.4 Å². The van der Waals surface area contributed by atoms with Gasteiger partial charge in [0.25, 0.3) is 0 Å². The first-order valence-corrected chi connectivity index (χ1v) is 10.2. The van der Waals surface area contributed by atoms with E-state index in [9.17, 15) is 0 Å². The summed E-state index contributed by atoms with van der Waals surface area (Å²) >= 11 is 6.03. The van der Waals surface area contributed by atoms with Crippen molar-refractivity contribution < 1.29 is 4.74 Å². The largest absolute Gasteiger partial charge is 0.378 e. The number of nitrogens with one attached hydrogen (secondary N) is 1. The first-order chi connectivity index (χ1) is 14.2. The molecule has 1 unspecified atom stereocenters. The summed E-state index contributed by atoms with van der Waals surface area (Å²) in [7, 11) is 0. The van der Waals surface area contributed by atoms with Gasteiger partial charge in [0.2, 0.25) is 5.95 Å². The second-order valence-corrected chi connectivity index (χ2v) is 7.71. The van der Waals surface area contributed by atoms with Crippen molar-refractivity contribution in [2.75, 3.05) is 54.5 Å². The SMILES string of the molecule is Clc1ccc2nc(N3CCC(Nc4nccc(N5CCOCC5)n4)C3)cnc2c1. The number of ether oxygens (including phenoxy) is 1. The highest BCUT2D eigenvalue weighted by molar-refractivity contribution is 6.31. The molecule has 3 aromatic rings. The van der Waals surface area contributed by atoms with Crippen molar-refractivity contribution >= 4 is 40.2 Å². The summed E-state index contributed by atoms with van der Waals surface area (Å²) in [5.41, 5.74) is 1.66. The van der Waals surface area contributed by atoms with E-state index in [1.54, 1.807) is 0 Å². The van der Waals surface area contributed by atoms with Crippen molar-refractivity contribution in [3.05, 3.63) is 41.7 Å². The zero-order valence-electron chi connectivity index (χ0n) is 16.0. The summed E-state index contributed by atoms with van der Waals surface area (Å²) in [5.74, 6) is 2.49. The second kappa shape index (κ2) is 7.96. The van der Waals surface area contributed by atoms with E-state index in [-0.39, 0.29) is 6.04 Å². The van der Waals surface area contributed by atoms with Gasteiger partial charge in [-0.1, -0.05) is 11.6 Å². The smallest absolute Gasteiger partial charge is 0.224 e. The Bertz CT molecular complexity index is 1010. The van der Waals surface area contributed by atoms with Gasteiger partial charge in [0.1, 0.15) is 11.6 Å². The van der Waals surface area contributed by atoms with Gasteiger partial charge in [0, 0.05) is 43.4 Å². The van der Waals surface area contributed by atoms with Crippen LogP contribution in [-0.2, 0) is 4.74 Å². The Labute approximate surface area is 173 Å². The van der Waals surface area contributed by atoms with E-state index in [2.05, 4.69) is 25.1 Å². The zero-order valence-corrected chi connectivity index (χ0v) is 16.7. The highest BCUT2D eigenvalue weighted by atomic mass is 35.5. The van der Waals surface area contributed by atoms with Gasteiger partial charge in [-0.05, 0) is 30.7 Å². The van der Waals surface area contributed by atoms with Gasteiger partial charge < -0.3 is 19.9 Å². The highest BCUT2D eigenvalue weighted by Crippen LogP contribution is 2.23. The molecule has 0 amide bonds. The van der Waals surface area contributed by atoms with E-state index in [1.807, 2.05) is 36.7 Å². The number of hydrogen-bond acceptors (Lipinski definition) is 8. The molecule has 0 spiro atoms. The van der Waals surface area contributed by atoms with Crippen LogP contribution in [0.1, 0.15) is 6.42 Å². The van der Waals surface area contributed by atoms with E-state index in [0.717, 1.165) is 68.5 Å². The number of aromatic nitrogens is 4.